The summed E-state index contributed by atoms with van der Waals surface area (Å²) >= 11 is 0. The lowest BCUT2D eigenvalue weighted by molar-refractivity contribution is 0.474. The van der Waals surface area contributed by atoms with Crippen LogP contribution >= 0.6 is 0 Å². The van der Waals surface area contributed by atoms with Crippen molar-refractivity contribution < 1.29 is 5.11 Å². The Bertz CT molecular complexity index is 593. The summed E-state index contributed by atoms with van der Waals surface area (Å²) in [7, 11) is 0. The Hall–Kier alpha value is -1.97. The predicted octanol–water partition coefficient (Wildman–Crippen LogP) is 1.74. The number of rotatable bonds is 3. The third-order valence-electron chi connectivity index (χ3n) is 3.08. The summed E-state index contributed by atoms with van der Waals surface area (Å²) in [6.45, 7) is 0.507. The van der Waals surface area contributed by atoms with Crippen LogP contribution in [0.2, 0.25) is 0 Å². The van der Waals surface area contributed by atoms with Crippen LogP contribution in [0.4, 0.5) is 0 Å². The Morgan fingerprint density at radius 1 is 1.29 bits per heavy atom. The molecule has 1 aliphatic rings. The Morgan fingerprint density at radius 2 is 2.12 bits per heavy atom. The highest BCUT2D eigenvalue weighted by Gasteiger charge is 2.25. The van der Waals surface area contributed by atoms with Crippen LogP contribution in [0.3, 0.4) is 0 Å². The molecular weight excluding hydrogens is 216 g/mol. The van der Waals surface area contributed by atoms with E-state index in [1.165, 1.54) is 0 Å². The van der Waals surface area contributed by atoms with E-state index in [1.807, 2.05) is 18.5 Å². The molecule has 0 radical (unpaired) electrons. The standard InChI is InChI=1S/C13H14N2O2/c16-12-3-1-2-10(8-12)9-14-6-7-15(13(14)17)11-4-5-11/h1-3,6-8,11,16H,4-5,9H2. The van der Waals surface area contributed by atoms with E-state index in [-0.39, 0.29) is 11.4 Å². The maximum atomic E-state index is 12.0. The Kier molecular flexibility index (Phi) is 2.28. The van der Waals surface area contributed by atoms with Gasteiger partial charge in [-0.25, -0.2) is 4.79 Å². The lowest BCUT2D eigenvalue weighted by Gasteiger charge is -2.02. The van der Waals surface area contributed by atoms with Gasteiger partial charge < -0.3 is 5.11 Å². The Morgan fingerprint density at radius 3 is 2.82 bits per heavy atom. The molecule has 1 aromatic carbocycles. The average molecular weight is 230 g/mol. The van der Waals surface area contributed by atoms with Crippen LogP contribution in [0.1, 0.15) is 24.4 Å². The SMILES string of the molecule is O=c1n(Cc2cccc(O)c2)ccn1C1CC1. The molecule has 0 bridgehead atoms. The second kappa shape index (κ2) is 3.80. The van der Waals surface area contributed by atoms with E-state index in [0.29, 0.717) is 12.6 Å². The minimum absolute atomic E-state index is 0.0378. The van der Waals surface area contributed by atoms with E-state index in [4.69, 9.17) is 0 Å². The summed E-state index contributed by atoms with van der Waals surface area (Å²) in [5.41, 5.74) is 0.969. The maximum Gasteiger partial charge on any atom is 0.328 e. The average Bonchev–Trinajstić information content (AvgIpc) is 3.07. The lowest BCUT2D eigenvalue weighted by Crippen LogP contribution is -2.23. The molecule has 0 saturated heterocycles. The fourth-order valence-corrected chi connectivity index (χ4v) is 2.03. The molecule has 0 spiro atoms. The van der Waals surface area contributed by atoms with Gasteiger partial charge in [0.2, 0.25) is 0 Å². The third kappa shape index (κ3) is 1.98. The number of benzene rings is 1. The van der Waals surface area contributed by atoms with Crippen molar-refractivity contribution in [2.24, 2.45) is 0 Å². The van der Waals surface area contributed by atoms with Crippen molar-refractivity contribution in [3.05, 3.63) is 52.7 Å². The number of nitrogens with zero attached hydrogens (tertiary/aromatic N) is 2. The van der Waals surface area contributed by atoms with E-state index in [0.717, 1.165) is 18.4 Å². The Balaban J connectivity index is 1.88. The predicted molar refractivity (Wildman–Crippen MR) is 64.2 cm³/mol. The second-order valence-electron chi connectivity index (χ2n) is 4.52. The molecule has 88 valence electrons. The van der Waals surface area contributed by atoms with Gasteiger partial charge in [-0.2, -0.15) is 0 Å². The van der Waals surface area contributed by atoms with Crippen LogP contribution in [0, 0.1) is 0 Å². The number of aromatic nitrogens is 2. The van der Waals surface area contributed by atoms with Crippen molar-refractivity contribution in [2.45, 2.75) is 25.4 Å². The third-order valence-corrected chi connectivity index (χ3v) is 3.08. The maximum absolute atomic E-state index is 12.0. The summed E-state index contributed by atoms with van der Waals surface area (Å²) in [5.74, 6) is 0.233. The van der Waals surface area contributed by atoms with Crippen molar-refractivity contribution in [3.8, 4) is 5.75 Å². The topological polar surface area (TPSA) is 47.2 Å². The highest BCUT2D eigenvalue weighted by Crippen LogP contribution is 2.33. The van der Waals surface area contributed by atoms with Gasteiger partial charge in [-0.3, -0.25) is 9.13 Å². The van der Waals surface area contributed by atoms with Crippen molar-refractivity contribution in [1.29, 1.82) is 0 Å². The van der Waals surface area contributed by atoms with Gasteiger partial charge in [0.25, 0.3) is 0 Å². The number of imidazole rings is 1. The van der Waals surface area contributed by atoms with Crippen LogP contribution in [-0.4, -0.2) is 14.2 Å². The van der Waals surface area contributed by atoms with Crippen LogP contribution in [0.25, 0.3) is 0 Å². The first-order chi connectivity index (χ1) is 8.24. The van der Waals surface area contributed by atoms with Gasteiger partial charge in [0.1, 0.15) is 5.75 Å². The quantitative estimate of drug-likeness (QED) is 0.873. The molecule has 0 aliphatic heterocycles. The lowest BCUT2D eigenvalue weighted by atomic mass is 10.2. The van der Waals surface area contributed by atoms with Crippen molar-refractivity contribution in [1.82, 2.24) is 9.13 Å². The van der Waals surface area contributed by atoms with Gasteiger partial charge in [0, 0.05) is 18.4 Å². The smallest absolute Gasteiger partial charge is 0.328 e. The van der Waals surface area contributed by atoms with E-state index >= 15 is 0 Å². The van der Waals surface area contributed by atoms with E-state index in [2.05, 4.69) is 0 Å². The van der Waals surface area contributed by atoms with Crippen LogP contribution in [-0.2, 0) is 6.54 Å². The zero-order valence-electron chi connectivity index (χ0n) is 9.41. The first-order valence-electron chi connectivity index (χ1n) is 5.79. The summed E-state index contributed by atoms with van der Waals surface area (Å²) < 4.78 is 3.47. The van der Waals surface area contributed by atoms with Gasteiger partial charge in [-0.05, 0) is 30.5 Å². The first kappa shape index (κ1) is 10.2. The number of aromatic hydroxyl groups is 1. The summed E-state index contributed by atoms with van der Waals surface area (Å²) in [5, 5.41) is 9.37. The molecule has 1 N–H and O–H groups in total. The zero-order valence-corrected chi connectivity index (χ0v) is 9.41. The van der Waals surface area contributed by atoms with Gasteiger partial charge in [-0.1, -0.05) is 12.1 Å². The molecule has 0 amide bonds. The van der Waals surface area contributed by atoms with Gasteiger partial charge in [0.15, 0.2) is 0 Å². The second-order valence-corrected chi connectivity index (χ2v) is 4.52. The highest BCUT2D eigenvalue weighted by atomic mass is 16.3. The number of hydrogen-bond acceptors (Lipinski definition) is 2. The molecule has 1 aliphatic carbocycles. The van der Waals surface area contributed by atoms with Crippen molar-refractivity contribution in [2.75, 3.05) is 0 Å². The molecule has 1 saturated carbocycles. The van der Waals surface area contributed by atoms with Crippen LogP contribution < -0.4 is 5.69 Å². The molecule has 1 aromatic heterocycles. The van der Waals surface area contributed by atoms with Crippen molar-refractivity contribution in [3.63, 3.8) is 0 Å². The minimum atomic E-state index is 0.0378. The molecule has 0 unspecified atom stereocenters. The molecule has 0 atom stereocenters. The highest BCUT2D eigenvalue weighted by molar-refractivity contribution is 5.27. The van der Waals surface area contributed by atoms with E-state index in [9.17, 15) is 9.90 Å². The molecule has 1 heterocycles. The Labute approximate surface area is 98.7 Å². The molecule has 2 aromatic rings. The minimum Gasteiger partial charge on any atom is -0.508 e. The van der Waals surface area contributed by atoms with Gasteiger partial charge in [-0.15, -0.1) is 0 Å². The van der Waals surface area contributed by atoms with Crippen LogP contribution in [0.5, 0.6) is 5.75 Å². The largest absolute Gasteiger partial charge is 0.508 e. The fourth-order valence-electron chi connectivity index (χ4n) is 2.03. The summed E-state index contributed by atoms with van der Waals surface area (Å²) in [4.78, 5) is 12.0. The molecular formula is C13H14N2O2. The molecule has 4 nitrogen and oxygen atoms in total. The number of phenolic OH excluding ortho intramolecular Hbond substituents is 1. The zero-order chi connectivity index (χ0) is 11.8. The molecule has 3 rings (SSSR count). The normalized spacial score (nSPS) is 15.1. The monoisotopic (exact) mass is 230 g/mol. The van der Waals surface area contributed by atoms with Crippen molar-refractivity contribution >= 4 is 0 Å². The van der Waals surface area contributed by atoms with Gasteiger partial charge >= 0.3 is 5.69 Å². The molecule has 17 heavy (non-hydrogen) atoms. The van der Waals surface area contributed by atoms with E-state index < -0.39 is 0 Å². The van der Waals surface area contributed by atoms with E-state index in [1.54, 1.807) is 27.3 Å². The van der Waals surface area contributed by atoms with Gasteiger partial charge in [0.05, 0.1) is 6.54 Å². The molecule has 4 heteroatoms. The first-order valence-corrected chi connectivity index (χ1v) is 5.79. The van der Waals surface area contributed by atoms with Crippen LogP contribution in [0.15, 0.2) is 41.5 Å². The summed E-state index contributed by atoms with van der Waals surface area (Å²) in [6, 6.07) is 7.41. The number of hydrogen-bond donors (Lipinski definition) is 1. The molecule has 1 fully saturated rings. The number of phenols is 1. The summed E-state index contributed by atoms with van der Waals surface area (Å²) in [6.07, 6.45) is 5.87. The fraction of sp³-hybridized carbons (Fsp3) is 0.308.